The van der Waals surface area contributed by atoms with Crippen LogP contribution in [0.25, 0.3) is 6.08 Å². The summed E-state index contributed by atoms with van der Waals surface area (Å²) in [5.41, 5.74) is -0.178. The SMILES string of the molecule is O=C(O)c1cccc([N+](=O)[O-])c1C=CCBr. The minimum absolute atomic E-state index is 0.0774. The van der Waals surface area contributed by atoms with Gasteiger partial charge >= 0.3 is 5.97 Å². The number of rotatable bonds is 4. The second kappa shape index (κ2) is 5.41. The van der Waals surface area contributed by atoms with E-state index in [1.165, 1.54) is 24.3 Å². The van der Waals surface area contributed by atoms with Crippen molar-refractivity contribution in [2.45, 2.75) is 0 Å². The number of nitro groups is 1. The maximum atomic E-state index is 10.9. The van der Waals surface area contributed by atoms with E-state index >= 15 is 0 Å². The minimum Gasteiger partial charge on any atom is -0.478 e. The lowest BCUT2D eigenvalue weighted by Gasteiger charge is -2.01. The summed E-state index contributed by atoms with van der Waals surface area (Å²) in [7, 11) is 0. The van der Waals surface area contributed by atoms with E-state index in [4.69, 9.17) is 5.11 Å². The minimum atomic E-state index is -1.18. The van der Waals surface area contributed by atoms with E-state index in [0.29, 0.717) is 5.33 Å². The Balaban J connectivity index is 3.40. The van der Waals surface area contributed by atoms with Crippen molar-refractivity contribution in [1.82, 2.24) is 0 Å². The Hall–Kier alpha value is -1.69. The fourth-order valence-electron chi connectivity index (χ4n) is 1.24. The highest BCUT2D eigenvalue weighted by Crippen LogP contribution is 2.24. The quantitative estimate of drug-likeness (QED) is 0.524. The third-order valence-electron chi connectivity index (χ3n) is 1.88. The van der Waals surface area contributed by atoms with Crippen LogP contribution < -0.4 is 0 Å². The number of halogens is 1. The van der Waals surface area contributed by atoms with Gasteiger partial charge in [-0.3, -0.25) is 10.1 Å². The van der Waals surface area contributed by atoms with Gasteiger partial charge in [0.15, 0.2) is 0 Å². The first-order valence-corrected chi connectivity index (χ1v) is 5.43. The van der Waals surface area contributed by atoms with Gasteiger partial charge in [0.05, 0.1) is 16.1 Å². The van der Waals surface area contributed by atoms with E-state index < -0.39 is 10.9 Å². The number of alkyl halides is 1. The Morgan fingerprint density at radius 2 is 2.25 bits per heavy atom. The lowest BCUT2D eigenvalue weighted by molar-refractivity contribution is -0.385. The van der Waals surface area contributed by atoms with E-state index in [9.17, 15) is 14.9 Å². The van der Waals surface area contributed by atoms with Gasteiger partial charge in [-0.15, -0.1) is 0 Å². The zero-order valence-electron chi connectivity index (χ0n) is 8.09. The molecule has 6 heteroatoms. The number of carboxylic acid groups (broad SMARTS) is 1. The molecule has 0 atom stereocenters. The fraction of sp³-hybridized carbons (Fsp3) is 0.100. The molecule has 0 radical (unpaired) electrons. The van der Waals surface area contributed by atoms with Crippen LogP contribution in [0.3, 0.4) is 0 Å². The summed E-state index contributed by atoms with van der Waals surface area (Å²) in [6.45, 7) is 0. The highest BCUT2D eigenvalue weighted by molar-refractivity contribution is 9.09. The predicted octanol–water partition coefficient (Wildman–Crippen LogP) is 2.70. The highest BCUT2D eigenvalue weighted by Gasteiger charge is 2.18. The molecule has 16 heavy (non-hydrogen) atoms. The number of nitro benzene ring substituents is 1. The summed E-state index contributed by atoms with van der Waals surface area (Å²) in [4.78, 5) is 21.0. The largest absolute Gasteiger partial charge is 0.478 e. The molecular formula is C10H8BrNO4. The van der Waals surface area contributed by atoms with Gasteiger partial charge in [-0.25, -0.2) is 4.79 Å². The first-order valence-electron chi connectivity index (χ1n) is 4.31. The summed E-state index contributed by atoms with van der Waals surface area (Å²) >= 11 is 3.13. The van der Waals surface area contributed by atoms with Crippen LogP contribution in [0.2, 0.25) is 0 Å². The van der Waals surface area contributed by atoms with Crippen molar-refractivity contribution in [3.63, 3.8) is 0 Å². The van der Waals surface area contributed by atoms with E-state index in [1.807, 2.05) is 0 Å². The zero-order valence-corrected chi connectivity index (χ0v) is 9.68. The second-order valence-corrected chi connectivity index (χ2v) is 3.50. The molecule has 0 aliphatic rings. The molecular weight excluding hydrogens is 278 g/mol. The molecule has 0 unspecified atom stereocenters. The van der Waals surface area contributed by atoms with Gasteiger partial charge in [0.1, 0.15) is 0 Å². The van der Waals surface area contributed by atoms with E-state index in [-0.39, 0.29) is 16.8 Å². The van der Waals surface area contributed by atoms with Crippen molar-refractivity contribution in [1.29, 1.82) is 0 Å². The Kier molecular flexibility index (Phi) is 4.19. The normalized spacial score (nSPS) is 10.6. The molecule has 0 bridgehead atoms. The molecule has 0 saturated heterocycles. The molecule has 1 aromatic carbocycles. The number of carbonyl (C=O) groups is 1. The van der Waals surface area contributed by atoms with Crippen molar-refractivity contribution in [2.75, 3.05) is 5.33 Å². The number of hydrogen-bond acceptors (Lipinski definition) is 3. The molecule has 1 rings (SSSR count). The van der Waals surface area contributed by atoms with Gasteiger partial charge in [0.2, 0.25) is 0 Å². The van der Waals surface area contributed by atoms with Crippen LogP contribution in [0.4, 0.5) is 5.69 Å². The Labute approximate surface area is 99.7 Å². The standard InChI is InChI=1S/C10H8BrNO4/c11-6-2-4-7-8(10(13)14)3-1-5-9(7)12(15)16/h1-5H,6H2,(H,13,14). The van der Waals surface area contributed by atoms with E-state index in [0.717, 1.165) is 0 Å². The summed E-state index contributed by atoms with van der Waals surface area (Å²) in [6, 6.07) is 3.97. The monoisotopic (exact) mass is 285 g/mol. The topological polar surface area (TPSA) is 80.4 Å². The summed E-state index contributed by atoms with van der Waals surface area (Å²) in [5.74, 6) is -1.18. The Morgan fingerprint density at radius 1 is 1.56 bits per heavy atom. The Bertz CT molecular complexity index is 424. The molecule has 0 aliphatic carbocycles. The van der Waals surface area contributed by atoms with Crippen molar-refractivity contribution in [3.05, 3.63) is 45.5 Å². The van der Waals surface area contributed by atoms with Crippen molar-refractivity contribution >= 4 is 33.7 Å². The summed E-state index contributed by atoms with van der Waals surface area (Å²) in [5, 5.41) is 20.1. The molecule has 0 fully saturated rings. The predicted molar refractivity (Wildman–Crippen MR) is 62.9 cm³/mol. The molecule has 0 heterocycles. The maximum absolute atomic E-state index is 10.9. The number of benzene rings is 1. The molecule has 0 spiro atoms. The molecule has 0 saturated carbocycles. The first-order chi connectivity index (χ1) is 7.57. The average Bonchev–Trinajstić information content (AvgIpc) is 2.25. The van der Waals surface area contributed by atoms with E-state index in [1.54, 1.807) is 6.08 Å². The van der Waals surface area contributed by atoms with Crippen molar-refractivity contribution in [3.8, 4) is 0 Å². The zero-order chi connectivity index (χ0) is 12.1. The van der Waals surface area contributed by atoms with Crippen LogP contribution in [0.15, 0.2) is 24.3 Å². The third kappa shape index (κ3) is 2.66. The Morgan fingerprint density at radius 3 is 2.75 bits per heavy atom. The first kappa shape index (κ1) is 12.4. The highest BCUT2D eigenvalue weighted by atomic mass is 79.9. The van der Waals surface area contributed by atoms with Crippen molar-refractivity contribution < 1.29 is 14.8 Å². The van der Waals surface area contributed by atoms with Crippen LogP contribution in [0.5, 0.6) is 0 Å². The molecule has 0 aliphatic heterocycles. The number of aromatic carboxylic acids is 1. The van der Waals surface area contributed by atoms with Crippen LogP contribution in [0, 0.1) is 10.1 Å². The van der Waals surface area contributed by atoms with Gasteiger partial charge < -0.3 is 5.11 Å². The number of carboxylic acids is 1. The van der Waals surface area contributed by atoms with Gasteiger partial charge in [-0.05, 0) is 6.07 Å². The molecule has 84 valence electrons. The molecule has 1 N–H and O–H groups in total. The molecule has 0 amide bonds. The maximum Gasteiger partial charge on any atom is 0.336 e. The number of allylic oxidation sites excluding steroid dienone is 1. The van der Waals surface area contributed by atoms with Crippen LogP contribution in [-0.2, 0) is 0 Å². The lowest BCUT2D eigenvalue weighted by Crippen LogP contribution is -2.02. The van der Waals surface area contributed by atoms with Crippen LogP contribution in [0.1, 0.15) is 15.9 Å². The lowest BCUT2D eigenvalue weighted by atomic mass is 10.1. The van der Waals surface area contributed by atoms with Gasteiger partial charge in [-0.2, -0.15) is 0 Å². The number of nitrogens with zero attached hydrogens (tertiary/aromatic N) is 1. The van der Waals surface area contributed by atoms with Gasteiger partial charge in [-0.1, -0.05) is 34.1 Å². The van der Waals surface area contributed by atoms with E-state index in [2.05, 4.69) is 15.9 Å². The summed E-state index contributed by atoms with van der Waals surface area (Å²) in [6.07, 6.45) is 3.03. The average molecular weight is 286 g/mol. The smallest absolute Gasteiger partial charge is 0.336 e. The van der Waals surface area contributed by atoms with Gasteiger partial charge in [0.25, 0.3) is 5.69 Å². The third-order valence-corrected chi connectivity index (χ3v) is 2.26. The van der Waals surface area contributed by atoms with Crippen molar-refractivity contribution in [2.24, 2.45) is 0 Å². The van der Waals surface area contributed by atoms with Gasteiger partial charge in [0, 0.05) is 11.4 Å². The molecule has 0 aromatic heterocycles. The number of hydrogen-bond donors (Lipinski definition) is 1. The van der Waals surface area contributed by atoms with Crippen LogP contribution in [-0.4, -0.2) is 21.3 Å². The molecule has 1 aromatic rings. The van der Waals surface area contributed by atoms with Crippen LogP contribution >= 0.6 is 15.9 Å². The summed E-state index contributed by atoms with van der Waals surface area (Å²) < 4.78 is 0. The fourth-order valence-corrected chi connectivity index (χ4v) is 1.42. The molecule has 5 nitrogen and oxygen atoms in total. The second-order valence-electron chi connectivity index (χ2n) is 2.86.